The van der Waals surface area contributed by atoms with Crippen LogP contribution < -0.4 is 5.32 Å². The van der Waals surface area contributed by atoms with E-state index in [0.29, 0.717) is 12.2 Å². The van der Waals surface area contributed by atoms with Crippen LogP contribution in [0, 0.1) is 10.1 Å². The highest BCUT2D eigenvalue weighted by Crippen LogP contribution is 2.24. The second kappa shape index (κ2) is 8.79. The van der Waals surface area contributed by atoms with Crippen LogP contribution in [0.3, 0.4) is 0 Å². The molecule has 8 heteroatoms. The number of non-ortho nitro benzene ring substituents is 1. The van der Waals surface area contributed by atoms with E-state index in [2.05, 4.69) is 5.32 Å². The predicted molar refractivity (Wildman–Crippen MR) is 100 cm³/mol. The molecule has 1 atom stereocenters. The number of ether oxygens (including phenoxy) is 1. The van der Waals surface area contributed by atoms with Crippen LogP contribution in [-0.2, 0) is 16.1 Å². The van der Waals surface area contributed by atoms with Gasteiger partial charge in [0.05, 0.1) is 10.5 Å². The molecule has 0 heterocycles. The number of anilines is 1. The Bertz CT molecular complexity index is 836. The first-order valence-corrected chi connectivity index (χ1v) is 8.28. The number of carbonyl (C=O) groups excluding carboxylic acids is 2. The third kappa shape index (κ3) is 5.27. The van der Waals surface area contributed by atoms with Crippen molar-refractivity contribution in [2.75, 3.05) is 19.4 Å². The molecule has 0 saturated carbocycles. The molecule has 0 unspecified atom stereocenters. The van der Waals surface area contributed by atoms with Crippen molar-refractivity contribution in [3.05, 3.63) is 69.8 Å². The number of carbonyl (C=O) groups is 2. The van der Waals surface area contributed by atoms with Gasteiger partial charge in [0.2, 0.25) is 0 Å². The number of amides is 1. The van der Waals surface area contributed by atoms with Crippen molar-refractivity contribution in [1.82, 2.24) is 4.90 Å². The molecular formula is C19H21N3O5. The Morgan fingerprint density at radius 3 is 2.44 bits per heavy atom. The summed E-state index contributed by atoms with van der Waals surface area (Å²) < 4.78 is 5.19. The van der Waals surface area contributed by atoms with Gasteiger partial charge in [-0.25, -0.2) is 4.79 Å². The van der Waals surface area contributed by atoms with E-state index in [-0.39, 0.29) is 17.2 Å². The Labute approximate surface area is 156 Å². The van der Waals surface area contributed by atoms with E-state index in [1.165, 1.54) is 24.0 Å². The zero-order chi connectivity index (χ0) is 20.0. The number of likely N-dealkylation sites (N-methyl/N-ethyl adjacent to an activating group) is 1. The Hall–Kier alpha value is -3.42. The van der Waals surface area contributed by atoms with Gasteiger partial charge in [-0.2, -0.15) is 0 Å². The quantitative estimate of drug-likeness (QED) is 0.456. The molecule has 0 aromatic heterocycles. The minimum Gasteiger partial charge on any atom is -0.449 e. The van der Waals surface area contributed by atoms with E-state index >= 15 is 0 Å². The van der Waals surface area contributed by atoms with Crippen molar-refractivity contribution >= 4 is 23.3 Å². The van der Waals surface area contributed by atoms with Crippen molar-refractivity contribution in [3.63, 3.8) is 0 Å². The summed E-state index contributed by atoms with van der Waals surface area (Å²) in [7, 11) is 3.10. The molecule has 0 bridgehead atoms. The molecule has 0 aliphatic carbocycles. The fourth-order valence-corrected chi connectivity index (χ4v) is 2.40. The van der Waals surface area contributed by atoms with E-state index < -0.39 is 17.0 Å². The van der Waals surface area contributed by atoms with Gasteiger partial charge in [0, 0.05) is 38.5 Å². The monoisotopic (exact) mass is 371 g/mol. The minimum atomic E-state index is -1.01. The van der Waals surface area contributed by atoms with Crippen molar-refractivity contribution in [2.24, 2.45) is 0 Å². The summed E-state index contributed by atoms with van der Waals surface area (Å²) in [5.41, 5.74) is 1.13. The summed E-state index contributed by atoms with van der Waals surface area (Å²) in [5, 5.41) is 14.1. The van der Waals surface area contributed by atoms with Gasteiger partial charge in [0.1, 0.15) is 0 Å². The van der Waals surface area contributed by atoms with Crippen LogP contribution in [-0.4, -0.2) is 41.9 Å². The third-order valence-corrected chi connectivity index (χ3v) is 3.83. The van der Waals surface area contributed by atoms with Crippen LogP contribution in [0.2, 0.25) is 0 Å². The first kappa shape index (κ1) is 19.9. The lowest BCUT2D eigenvalue weighted by molar-refractivity contribution is -0.384. The van der Waals surface area contributed by atoms with Gasteiger partial charge in [-0.05, 0) is 18.6 Å². The van der Waals surface area contributed by atoms with Crippen LogP contribution in [0.5, 0.6) is 0 Å². The fraction of sp³-hybridized carbons (Fsp3) is 0.263. The SMILES string of the molecule is C[C@@H](OC(=O)c1cc([N+](=O)[O-])ccc1NCc1ccccc1)C(=O)N(C)C. The molecule has 142 valence electrons. The smallest absolute Gasteiger partial charge is 0.341 e. The molecule has 0 fully saturated rings. The summed E-state index contributed by atoms with van der Waals surface area (Å²) in [6, 6.07) is 13.4. The summed E-state index contributed by atoms with van der Waals surface area (Å²) in [6.07, 6.45) is -1.01. The van der Waals surface area contributed by atoms with Gasteiger partial charge < -0.3 is 15.0 Å². The highest BCUT2D eigenvalue weighted by Gasteiger charge is 2.24. The topological polar surface area (TPSA) is 102 Å². The summed E-state index contributed by atoms with van der Waals surface area (Å²) in [5.74, 6) is -1.19. The summed E-state index contributed by atoms with van der Waals surface area (Å²) >= 11 is 0. The van der Waals surface area contributed by atoms with Gasteiger partial charge in [0.25, 0.3) is 11.6 Å². The fourth-order valence-electron chi connectivity index (χ4n) is 2.40. The molecular weight excluding hydrogens is 350 g/mol. The molecule has 8 nitrogen and oxygen atoms in total. The normalized spacial score (nSPS) is 11.4. The van der Waals surface area contributed by atoms with E-state index in [9.17, 15) is 19.7 Å². The lowest BCUT2D eigenvalue weighted by atomic mass is 10.1. The molecule has 1 amide bonds. The number of nitrogens with zero attached hydrogens (tertiary/aromatic N) is 2. The predicted octanol–water partition coefficient (Wildman–Crippen LogP) is 2.84. The van der Waals surface area contributed by atoms with Crippen LogP contribution in [0.25, 0.3) is 0 Å². The van der Waals surface area contributed by atoms with E-state index in [1.807, 2.05) is 30.3 Å². The second-order valence-electron chi connectivity index (χ2n) is 6.11. The minimum absolute atomic E-state index is 0.00135. The highest BCUT2D eigenvalue weighted by atomic mass is 16.6. The zero-order valence-electron chi connectivity index (χ0n) is 15.3. The molecule has 0 aliphatic heterocycles. The average molecular weight is 371 g/mol. The first-order valence-electron chi connectivity index (χ1n) is 8.28. The summed E-state index contributed by atoms with van der Waals surface area (Å²) in [4.78, 5) is 36.2. The largest absolute Gasteiger partial charge is 0.449 e. The summed E-state index contributed by atoms with van der Waals surface area (Å²) in [6.45, 7) is 1.87. The number of benzene rings is 2. The van der Waals surface area contributed by atoms with Crippen molar-refractivity contribution < 1.29 is 19.2 Å². The number of esters is 1. The van der Waals surface area contributed by atoms with Crippen molar-refractivity contribution in [2.45, 2.75) is 19.6 Å². The standard InChI is InChI=1S/C19H21N3O5/c1-13(18(23)21(2)3)27-19(24)16-11-15(22(25)26)9-10-17(16)20-12-14-7-5-4-6-8-14/h4-11,13,20H,12H2,1-3H3/t13-/m1/s1. The maximum atomic E-state index is 12.5. The van der Waals surface area contributed by atoms with Crippen LogP contribution in [0.4, 0.5) is 11.4 Å². The highest BCUT2D eigenvalue weighted by molar-refractivity contribution is 5.98. The Morgan fingerprint density at radius 2 is 1.85 bits per heavy atom. The number of hydrogen-bond donors (Lipinski definition) is 1. The molecule has 0 saturated heterocycles. The van der Waals surface area contributed by atoms with Gasteiger partial charge in [0.15, 0.2) is 6.10 Å². The molecule has 1 N–H and O–H groups in total. The zero-order valence-corrected chi connectivity index (χ0v) is 15.3. The van der Waals surface area contributed by atoms with E-state index in [1.54, 1.807) is 14.1 Å². The molecule has 27 heavy (non-hydrogen) atoms. The van der Waals surface area contributed by atoms with Crippen molar-refractivity contribution in [3.8, 4) is 0 Å². The number of rotatable bonds is 7. The van der Waals surface area contributed by atoms with E-state index in [4.69, 9.17) is 4.74 Å². The molecule has 0 spiro atoms. The number of nitro benzene ring substituents is 1. The Morgan fingerprint density at radius 1 is 1.19 bits per heavy atom. The molecule has 2 aromatic rings. The maximum absolute atomic E-state index is 12.5. The number of nitro groups is 1. The van der Waals surface area contributed by atoms with Gasteiger partial charge in [-0.1, -0.05) is 30.3 Å². The van der Waals surface area contributed by atoms with Crippen LogP contribution in [0.15, 0.2) is 48.5 Å². The Balaban J connectivity index is 2.25. The average Bonchev–Trinajstić information content (AvgIpc) is 2.66. The molecule has 0 aliphatic rings. The number of nitrogens with one attached hydrogen (secondary N) is 1. The van der Waals surface area contributed by atoms with Crippen LogP contribution >= 0.6 is 0 Å². The maximum Gasteiger partial charge on any atom is 0.341 e. The first-order chi connectivity index (χ1) is 12.8. The molecule has 2 rings (SSSR count). The van der Waals surface area contributed by atoms with E-state index in [0.717, 1.165) is 11.6 Å². The van der Waals surface area contributed by atoms with Gasteiger partial charge in [-0.15, -0.1) is 0 Å². The number of hydrogen-bond acceptors (Lipinski definition) is 6. The Kier molecular flexibility index (Phi) is 6.48. The van der Waals surface area contributed by atoms with Gasteiger partial charge >= 0.3 is 5.97 Å². The molecule has 0 radical (unpaired) electrons. The van der Waals surface area contributed by atoms with Crippen molar-refractivity contribution in [1.29, 1.82) is 0 Å². The van der Waals surface area contributed by atoms with Gasteiger partial charge in [-0.3, -0.25) is 14.9 Å². The molecule has 2 aromatic carbocycles. The van der Waals surface area contributed by atoms with Crippen LogP contribution in [0.1, 0.15) is 22.8 Å². The third-order valence-electron chi connectivity index (χ3n) is 3.83. The second-order valence-corrected chi connectivity index (χ2v) is 6.11. The lowest BCUT2D eigenvalue weighted by Crippen LogP contribution is -2.35. The lowest BCUT2D eigenvalue weighted by Gasteiger charge is -2.18.